The van der Waals surface area contributed by atoms with Gasteiger partial charge in [-0.2, -0.15) is 0 Å². The molecule has 0 saturated carbocycles. The minimum Gasteiger partial charge on any atom is -0.369 e. The first-order valence-electron chi connectivity index (χ1n) is 8.50. The summed E-state index contributed by atoms with van der Waals surface area (Å²) in [5.41, 5.74) is 5.90. The number of carbonyl (C=O) groups is 2. The number of amides is 2. The lowest BCUT2D eigenvalue weighted by Crippen LogP contribution is -2.32. The maximum atomic E-state index is 12.6. The van der Waals surface area contributed by atoms with Crippen molar-refractivity contribution in [1.29, 1.82) is 0 Å². The Morgan fingerprint density at radius 1 is 1.32 bits per heavy atom. The summed E-state index contributed by atoms with van der Waals surface area (Å²) < 4.78 is 1.62. The van der Waals surface area contributed by atoms with Crippen molar-refractivity contribution in [3.8, 4) is 0 Å². The van der Waals surface area contributed by atoms with Crippen LogP contribution in [0.3, 0.4) is 0 Å². The highest BCUT2D eigenvalue weighted by molar-refractivity contribution is 5.81. The van der Waals surface area contributed by atoms with Crippen LogP contribution in [0.25, 0.3) is 10.9 Å². The van der Waals surface area contributed by atoms with Crippen molar-refractivity contribution in [2.45, 2.75) is 32.7 Å². The number of nitrogens with two attached hydrogens (primary N) is 1. The summed E-state index contributed by atoms with van der Waals surface area (Å²) in [6.45, 7) is 3.22. The van der Waals surface area contributed by atoms with Gasteiger partial charge in [-0.05, 0) is 31.9 Å². The Kier molecular flexibility index (Phi) is 4.83. The molecule has 0 spiro atoms. The Labute approximate surface area is 145 Å². The van der Waals surface area contributed by atoms with E-state index in [2.05, 4.69) is 4.98 Å². The van der Waals surface area contributed by atoms with Gasteiger partial charge in [-0.15, -0.1) is 0 Å². The van der Waals surface area contributed by atoms with E-state index in [1.165, 1.54) is 0 Å². The van der Waals surface area contributed by atoms with E-state index in [1.54, 1.807) is 22.5 Å². The van der Waals surface area contributed by atoms with Gasteiger partial charge in [0.15, 0.2) is 0 Å². The highest BCUT2D eigenvalue weighted by Crippen LogP contribution is 2.17. The number of benzene rings is 1. The van der Waals surface area contributed by atoms with Crippen LogP contribution >= 0.6 is 0 Å². The van der Waals surface area contributed by atoms with Crippen LogP contribution in [-0.4, -0.2) is 39.4 Å². The van der Waals surface area contributed by atoms with E-state index in [-0.39, 0.29) is 23.3 Å². The highest BCUT2D eigenvalue weighted by Gasteiger charge is 2.29. The lowest BCUT2D eigenvalue weighted by Gasteiger charge is -2.16. The molecule has 2 amide bonds. The maximum Gasteiger partial charge on any atom is 0.261 e. The zero-order valence-corrected chi connectivity index (χ0v) is 14.3. The number of fused-ring (bicyclic) bond motifs is 1. The van der Waals surface area contributed by atoms with E-state index in [0.717, 1.165) is 0 Å². The van der Waals surface area contributed by atoms with E-state index in [1.807, 2.05) is 18.2 Å². The zero-order valence-electron chi connectivity index (χ0n) is 14.3. The van der Waals surface area contributed by atoms with Gasteiger partial charge in [-0.3, -0.25) is 19.0 Å². The number of nitrogens with zero attached hydrogens (tertiary/aromatic N) is 3. The quantitative estimate of drug-likeness (QED) is 0.869. The fourth-order valence-corrected chi connectivity index (χ4v) is 3.31. The van der Waals surface area contributed by atoms with Gasteiger partial charge in [0.1, 0.15) is 5.82 Å². The minimum absolute atomic E-state index is 0.00296. The van der Waals surface area contributed by atoms with Gasteiger partial charge in [0.25, 0.3) is 5.56 Å². The van der Waals surface area contributed by atoms with Crippen LogP contribution in [-0.2, 0) is 16.1 Å². The van der Waals surface area contributed by atoms with Crippen molar-refractivity contribution in [1.82, 2.24) is 14.5 Å². The molecule has 7 nitrogen and oxygen atoms in total. The fraction of sp³-hybridized carbons (Fsp3) is 0.444. The molecular formula is C18H22N4O3. The number of para-hydroxylation sites is 1. The molecule has 1 aromatic heterocycles. The molecular weight excluding hydrogens is 320 g/mol. The summed E-state index contributed by atoms with van der Waals surface area (Å²) >= 11 is 0. The van der Waals surface area contributed by atoms with Crippen molar-refractivity contribution in [2.75, 3.05) is 13.1 Å². The van der Waals surface area contributed by atoms with Crippen molar-refractivity contribution in [3.05, 3.63) is 40.4 Å². The molecule has 2 heterocycles. The molecule has 2 N–H and O–H groups in total. The number of primary amides is 1. The van der Waals surface area contributed by atoms with E-state index in [9.17, 15) is 14.4 Å². The fourth-order valence-electron chi connectivity index (χ4n) is 3.31. The van der Waals surface area contributed by atoms with E-state index >= 15 is 0 Å². The average molecular weight is 342 g/mol. The third-order valence-electron chi connectivity index (χ3n) is 4.77. The van der Waals surface area contributed by atoms with Gasteiger partial charge in [-0.25, -0.2) is 4.98 Å². The normalized spacial score (nSPS) is 17.2. The largest absolute Gasteiger partial charge is 0.369 e. The molecule has 7 heteroatoms. The van der Waals surface area contributed by atoms with E-state index in [4.69, 9.17) is 5.73 Å². The summed E-state index contributed by atoms with van der Waals surface area (Å²) in [6, 6.07) is 7.25. The van der Waals surface area contributed by atoms with Crippen LogP contribution in [0.15, 0.2) is 29.1 Å². The molecule has 0 unspecified atom stereocenters. The lowest BCUT2D eigenvalue weighted by atomic mass is 10.1. The summed E-state index contributed by atoms with van der Waals surface area (Å²) in [5.74, 6) is 0.0625. The molecule has 2 aromatic rings. The van der Waals surface area contributed by atoms with Crippen LogP contribution in [0.2, 0.25) is 0 Å². The molecule has 3 rings (SSSR count). The van der Waals surface area contributed by atoms with Crippen LogP contribution in [0.1, 0.15) is 25.1 Å². The molecule has 132 valence electrons. The van der Waals surface area contributed by atoms with Crippen molar-refractivity contribution in [3.63, 3.8) is 0 Å². The smallest absolute Gasteiger partial charge is 0.261 e. The Morgan fingerprint density at radius 2 is 2.08 bits per heavy atom. The number of hydrogen-bond donors (Lipinski definition) is 1. The van der Waals surface area contributed by atoms with Crippen LogP contribution in [0.5, 0.6) is 0 Å². The van der Waals surface area contributed by atoms with Crippen LogP contribution in [0, 0.1) is 12.8 Å². The van der Waals surface area contributed by atoms with Crippen LogP contribution < -0.4 is 11.3 Å². The lowest BCUT2D eigenvalue weighted by molar-refractivity contribution is -0.130. The number of aryl methyl sites for hydroxylation is 1. The van der Waals surface area contributed by atoms with Gasteiger partial charge in [0.05, 0.1) is 16.8 Å². The van der Waals surface area contributed by atoms with Gasteiger partial charge >= 0.3 is 0 Å². The SMILES string of the molecule is Cc1nc2ccccc2c(=O)n1CCCC(=O)N1CC[C@H](C(N)=O)C1. The predicted molar refractivity (Wildman–Crippen MR) is 93.9 cm³/mol. The van der Waals surface area contributed by atoms with Gasteiger partial charge in [0, 0.05) is 26.1 Å². The summed E-state index contributed by atoms with van der Waals surface area (Å²) in [6.07, 6.45) is 1.52. The molecule has 1 aliphatic rings. The Balaban J connectivity index is 1.63. The summed E-state index contributed by atoms with van der Waals surface area (Å²) in [7, 11) is 0. The third kappa shape index (κ3) is 3.55. The number of hydrogen-bond acceptors (Lipinski definition) is 4. The van der Waals surface area contributed by atoms with Crippen molar-refractivity contribution in [2.24, 2.45) is 11.7 Å². The number of likely N-dealkylation sites (tertiary alicyclic amines) is 1. The standard InChI is InChI=1S/C18H22N4O3/c1-12-20-15-6-3-2-5-14(15)18(25)22(12)9-4-7-16(23)21-10-8-13(11-21)17(19)24/h2-3,5-6,13H,4,7-11H2,1H3,(H2,19,24)/t13-/m0/s1. The predicted octanol–water partition coefficient (Wildman–Crippen LogP) is 0.819. The molecule has 0 radical (unpaired) electrons. The molecule has 0 bridgehead atoms. The monoisotopic (exact) mass is 342 g/mol. The number of aromatic nitrogens is 2. The first kappa shape index (κ1) is 17.1. The molecule has 1 saturated heterocycles. The second kappa shape index (κ2) is 7.04. The maximum absolute atomic E-state index is 12.6. The Morgan fingerprint density at radius 3 is 2.80 bits per heavy atom. The second-order valence-electron chi connectivity index (χ2n) is 6.46. The van der Waals surface area contributed by atoms with Gasteiger partial charge in [-0.1, -0.05) is 12.1 Å². The van der Waals surface area contributed by atoms with Gasteiger partial charge < -0.3 is 10.6 Å². The Hall–Kier alpha value is -2.70. The van der Waals surface area contributed by atoms with Crippen LogP contribution in [0.4, 0.5) is 0 Å². The topological polar surface area (TPSA) is 98.3 Å². The highest BCUT2D eigenvalue weighted by atomic mass is 16.2. The summed E-state index contributed by atoms with van der Waals surface area (Å²) in [5, 5.41) is 0.586. The van der Waals surface area contributed by atoms with E-state index in [0.29, 0.717) is 55.6 Å². The molecule has 1 aliphatic heterocycles. The third-order valence-corrected chi connectivity index (χ3v) is 4.77. The molecule has 1 aromatic carbocycles. The Bertz CT molecular complexity index is 874. The molecule has 1 fully saturated rings. The molecule has 1 atom stereocenters. The van der Waals surface area contributed by atoms with Crippen molar-refractivity contribution >= 4 is 22.7 Å². The first-order chi connectivity index (χ1) is 12.0. The minimum atomic E-state index is -0.347. The summed E-state index contributed by atoms with van der Waals surface area (Å²) in [4.78, 5) is 42.2. The second-order valence-corrected chi connectivity index (χ2v) is 6.46. The first-order valence-corrected chi connectivity index (χ1v) is 8.50. The van der Waals surface area contributed by atoms with E-state index < -0.39 is 0 Å². The zero-order chi connectivity index (χ0) is 18.0. The molecule has 25 heavy (non-hydrogen) atoms. The number of carbonyl (C=O) groups excluding carboxylic acids is 2. The van der Waals surface area contributed by atoms with Crippen molar-refractivity contribution < 1.29 is 9.59 Å². The average Bonchev–Trinajstić information content (AvgIpc) is 3.08. The van der Waals surface area contributed by atoms with Gasteiger partial charge in [0.2, 0.25) is 11.8 Å². The number of rotatable bonds is 5. The molecule has 0 aliphatic carbocycles.